The third-order valence-electron chi connectivity index (χ3n) is 4.19. The summed E-state index contributed by atoms with van der Waals surface area (Å²) in [5.74, 6) is 0.450. The number of benzene rings is 1. The summed E-state index contributed by atoms with van der Waals surface area (Å²) < 4.78 is 10.4. The SMILES string of the molecule is CCOc1ccc(C(=O)OCC(=O)N[C@@H]2CCCC[C@H]2C)cc1. The molecule has 2 rings (SSSR count). The largest absolute Gasteiger partial charge is 0.494 e. The summed E-state index contributed by atoms with van der Waals surface area (Å²) in [5, 5.41) is 2.97. The van der Waals surface area contributed by atoms with Crippen molar-refractivity contribution in [3.05, 3.63) is 29.8 Å². The van der Waals surface area contributed by atoms with Crippen LogP contribution in [0.5, 0.6) is 5.75 Å². The van der Waals surface area contributed by atoms with Crippen molar-refractivity contribution >= 4 is 11.9 Å². The van der Waals surface area contributed by atoms with E-state index in [1.807, 2.05) is 6.92 Å². The Balaban J connectivity index is 1.77. The highest BCUT2D eigenvalue weighted by Gasteiger charge is 2.23. The van der Waals surface area contributed by atoms with Gasteiger partial charge in [-0.2, -0.15) is 0 Å². The smallest absolute Gasteiger partial charge is 0.338 e. The van der Waals surface area contributed by atoms with Crippen LogP contribution in [0.25, 0.3) is 0 Å². The van der Waals surface area contributed by atoms with Crippen LogP contribution in [0.2, 0.25) is 0 Å². The molecule has 0 radical (unpaired) electrons. The fraction of sp³-hybridized carbons (Fsp3) is 0.556. The van der Waals surface area contributed by atoms with Gasteiger partial charge in [-0.15, -0.1) is 0 Å². The Kier molecular flexibility index (Phi) is 6.44. The van der Waals surface area contributed by atoms with Crippen molar-refractivity contribution in [1.82, 2.24) is 5.32 Å². The van der Waals surface area contributed by atoms with Crippen molar-refractivity contribution < 1.29 is 19.1 Å². The normalized spacial score (nSPS) is 20.6. The molecule has 0 aliphatic heterocycles. The van der Waals surface area contributed by atoms with Crippen molar-refractivity contribution in [1.29, 1.82) is 0 Å². The van der Waals surface area contributed by atoms with Crippen molar-refractivity contribution in [2.45, 2.75) is 45.6 Å². The standard InChI is InChI=1S/C18H25NO4/c1-3-22-15-10-8-14(9-11-15)18(21)23-12-17(20)19-16-7-5-4-6-13(16)2/h8-11,13,16H,3-7,12H2,1-2H3,(H,19,20)/t13-,16-/m1/s1. The van der Waals surface area contributed by atoms with Gasteiger partial charge in [-0.05, 0) is 49.9 Å². The third-order valence-corrected chi connectivity index (χ3v) is 4.19. The van der Waals surface area contributed by atoms with Gasteiger partial charge >= 0.3 is 5.97 Å². The Morgan fingerprint density at radius 3 is 2.52 bits per heavy atom. The number of nitrogens with one attached hydrogen (secondary N) is 1. The first kappa shape index (κ1) is 17.3. The Labute approximate surface area is 137 Å². The van der Waals surface area contributed by atoms with Crippen LogP contribution < -0.4 is 10.1 Å². The lowest BCUT2D eigenvalue weighted by Crippen LogP contribution is -2.42. The summed E-state index contributed by atoms with van der Waals surface area (Å²) in [7, 11) is 0. The Bertz CT molecular complexity index is 526. The molecule has 0 aromatic heterocycles. The first-order valence-corrected chi connectivity index (χ1v) is 8.29. The van der Waals surface area contributed by atoms with E-state index in [4.69, 9.17) is 9.47 Å². The molecule has 5 nitrogen and oxygen atoms in total. The molecule has 1 aliphatic rings. The number of rotatable bonds is 6. The van der Waals surface area contributed by atoms with Crippen molar-refractivity contribution in [3.63, 3.8) is 0 Å². The molecule has 1 saturated carbocycles. The number of carbonyl (C=O) groups is 2. The molecular weight excluding hydrogens is 294 g/mol. The Morgan fingerprint density at radius 1 is 1.17 bits per heavy atom. The maximum atomic E-state index is 11.9. The average Bonchev–Trinajstić information content (AvgIpc) is 2.56. The molecule has 0 spiro atoms. The van der Waals surface area contributed by atoms with Crippen LogP contribution in [0.3, 0.4) is 0 Å². The minimum atomic E-state index is -0.500. The number of hydrogen-bond acceptors (Lipinski definition) is 4. The fourth-order valence-electron chi connectivity index (χ4n) is 2.85. The van der Waals surface area contributed by atoms with Gasteiger partial charge in [0.15, 0.2) is 6.61 Å². The topological polar surface area (TPSA) is 64.6 Å². The maximum absolute atomic E-state index is 11.9. The summed E-state index contributed by atoms with van der Waals surface area (Å²) in [6.07, 6.45) is 4.50. The Morgan fingerprint density at radius 2 is 1.87 bits per heavy atom. The van der Waals surface area contributed by atoms with Gasteiger partial charge in [-0.25, -0.2) is 4.79 Å². The molecule has 1 aliphatic carbocycles. The lowest BCUT2D eigenvalue weighted by atomic mass is 9.86. The first-order chi connectivity index (χ1) is 11.1. The summed E-state index contributed by atoms with van der Waals surface area (Å²) >= 11 is 0. The van der Waals surface area contributed by atoms with E-state index in [2.05, 4.69) is 12.2 Å². The number of esters is 1. The average molecular weight is 319 g/mol. The minimum Gasteiger partial charge on any atom is -0.494 e. The highest BCUT2D eigenvalue weighted by Crippen LogP contribution is 2.23. The van der Waals surface area contributed by atoms with Crippen molar-refractivity contribution in [3.8, 4) is 5.75 Å². The molecule has 1 amide bonds. The van der Waals surface area contributed by atoms with Crippen LogP contribution >= 0.6 is 0 Å². The van der Waals surface area contributed by atoms with E-state index in [1.54, 1.807) is 24.3 Å². The summed E-state index contributed by atoms with van der Waals surface area (Å²) in [4.78, 5) is 23.9. The minimum absolute atomic E-state index is 0.195. The van der Waals surface area contributed by atoms with Gasteiger partial charge < -0.3 is 14.8 Å². The van der Waals surface area contributed by atoms with Gasteiger partial charge in [0.2, 0.25) is 0 Å². The molecule has 2 atom stereocenters. The zero-order valence-electron chi connectivity index (χ0n) is 13.8. The zero-order valence-corrected chi connectivity index (χ0v) is 13.8. The lowest BCUT2D eigenvalue weighted by Gasteiger charge is -2.29. The number of amides is 1. The second kappa shape index (κ2) is 8.56. The maximum Gasteiger partial charge on any atom is 0.338 e. The van der Waals surface area contributed by atoms with Gasteiger partial charge in [0, 0.05) is 6.04 Å². The monoisotopic (exact) mass is 319 g/mol. The van der Waals surface area contributed by atoms with Crippen molar-refractivity contribution in [2.75, 3.05) is 13.2 Å². The van der Waals surface area contributed by atoms with Crippen LogP contribution in [-0.2, 0) is 9.53 Å². The van der Waals surface area contributed by atoms with E-state index in [9.17, 15) is 9.59 Å². The molecule has 1 fully saturated rings. The van der Waals surface area contributed by atoms with E-state index in [0.717, 1.165) is 19.3 Å². The molecule has 1 aromatic carbocycles. The van der Waals surface area contributed by atoms with E-state index < -0.39 is 5.97 Å². The van der Waals surface area contributed by atoms with Gasteiger partial charge in [0.05, 0.1) is 12.2 Å². The predicted octanol–water partition coefficient (Wildman–Crippen LogP) is 2.94. The summed E-state index contributed by atoms with van der Waals surface area (Å²) in [5.41, 5.74) is 0.410. The highest BCUT2D eigenvalue weighted by molar-refractivity contribution is 5.91. The fourth-order valence-corrected chi connectivity index (χ4v) is 2.85. The van der Waals surface area contributed by atoms with Gasteiger partial charge in [0.25, 0.3) is 5.91 Å². The molecule has 126 valence electrons. The number of hydrogen-bond donors (Lipinski definition) is 1. The third kappa shape index (κ3) is 5.27. The zero-order chi connectivity index (χ0) is 16.7. The molecule has 5 heteroatoms. The number of carbonyl (C=O) groups excluding carboxylic acids is 2. The van der Waals surface area contributed by atoms with Gasteiger partial charge in [0.1, 0.15) is 5.75 Å². The Hall–Kier alpha value is -2.04. The van der Waals surface area contributed by atoms with Gasteiger partial charge in [-0.3, -0.25) is 4.79 Å². The summed E-state index contributed by atoms with van der Waals surface area (Å²) in [6.45, 7) is 4.38. The second-order valence-corrected chi connectivity index (χ2v) is 5.97. The van der Waals surface area contributed by atoms with Crippen LogP contribution in [0, 0.1) is 5.92 Å². The molecule has 1 N–H and O–H groups in total. The summed E-state index contributed by atoms with van der Waals surface area (Å²) in [6, 6.07) is 6.89. The van der Waals surface area contributed by atoms with Crippen LogP contribution in [0.1, 0.15) is 49.9 Å². The molecule has 0 saturated heterocycles. The van der Waals surface area contributed by atoms with Crippen LogP contribution in [-0.4, -0.2) is 31.1 Å². The molecule has 23 heavy (non-hydrogen) atoms. The molecule has 1 aromatic rings. The molecule has 0 bridgehead atoms. The van der Waals surface area contributed by atoms with E-state index in [0.29, 0.717) is 23.8 Å². The quantitative estimate of drug-likeness (QED) is 0.819. The van der Waals surface area contributed by atoms with Crippen LogP contribution in [0.15, 0.2) is 24.3 Å². The molecule has 0 unspecified atom stereocenters. The number of ether oxygens (including phenoxy) is 2. The predicted molar refractivity (Wildman–Crippen MR) is 87.5 cm³/mol. The second-order valence-electron chi connectivity index (χ2n) is 5.97. The van der Waals surface area contributed by atoms with Crippen molar-refractivity contribution in [2.24, 2.45) is 5.92 Å². The first-order valence-electron chi connectivity index (χ1n) is 8.29. The molecule has 0 heterocycles. The molecular formula is C18H25NO4. The van der Waals surface area contributed by atoms with E-state index in [1.165, 1.54) is 6.42 Å². The van der Waals surface area contributed by atoms with E-state index in [-0.39, 0.29) is 18.6 Å². The van der Waals surface area contributed by atoms with Gasteiger partial charge in [-0.1, -0.05) is 19.8 Å². The van der Waals surface area contributed by atoms with E-state index >= 15 is 0 Å². The highest BCUT2D eigenvalue weighted by atomic mass is 16.5. The van der Waals surface area contributed by atoms with Crippen LogP contribution in [0.4, 0.5) is 0 Å². The lowest BCUT2D eigenvalue weighted by molar-refractivity contribution is -0.125.